The van der Waals surface area contributed by atoms with E-state index < -0.39 is 6.09 Å². The standard InChI is InChI=1S/C13H10N2O2/c16-13(17)15-8-2-4-10-6-5-9-3-1-7-14-11(9)12(10)15/h1-7H,8H2,(H,16,17). The van der Waals surface area contributed by atoms with E-state index in [0.717, 1.165) is 16.5 Å². The van der Waals surface area contributed by atoms with Crippen molar-refractivity contribution in [3.63, 3.8) is 0 Å². The minimum atomic E-state index is -0.950. The molecule has 1 aromatic heterocycles. The smallest absolute Gasteiger partial charge is 0.412 e. The first-order chi connectivity index (χ1) is 8.27. The maximum Gasteiger partial charge on any atom is 0.412 e. The number of benzene rings is 1. The van der Waals surface area contributed by atoms with Crippen molar-refractivity contribution in [2.24, 2.45) is 0 Å². The fourth-order valence-electron chi connectivity index (χ4n) is 2.11. The van der Waals surface area contributed by atoms with Crippen molar-refractivity contribution in [1.29, 1.82) is 0 Å². The van der Waals surface area contributed by atoms with Crippen LogP contribution in [0.25, 0.3) is 17.0 Å². The predicted octanol–water partition coefficient (Wildman–Crippen LogP) is 2.75. The molecule has 2 heterocycles. The van der Waals surface area contributed by atoms with E-state index in [9.17, 15) is 9.90 Å². The van der Waals surface area contributed by atoms with E-state index in [1.165, 1.54) is 4.90 Å². The summed E-state index contributed by atoms with van der Waals surface area (Å²) in [6.45, 7) is 0.373. The summed E-state index contributed by atoms with van der Waals surface area (Å²) in [4.78, 5) is 16.8. The second kappa shape index (κ2) is 3.59. The highest BCUT2D eigenvalue weighted by Gasteiger charge is 2.21. The summed E-state index contributed by atoms with van der Waals surface area (Å²) < 4.78 is 0. The average molecular weight is 226 g/mol. The van der Waals surface area contributed by atoms with Crippen LogP contribution in [-0.2, 0) is 0 Å². The first-order valence-electron chi connectivity index (χ1n) is 5.32. The molecule has 1 aromatic carbocycles. The van der Waals surface area contributed by atoms with Crippen molar-refractivity contribution < 1.29 is 9.90 Å². The molecular formula is C13H10N2O2. The van der Waals surface area contributed by atoms with E-state index in [-0.39, 0.29) is 0 Å². The Morgan fingerprint density at radius 2 is 2.24 bits per heavy atom. The van der Waals surface area contributed by atoms with Crippen LogP contribution in [-0.4, -0.2) is 22.7 Å². The van der Waals surface area contributed by atoms with Gasteiger partial charge in [0.15, 0.2) is 0 Å². The van der Waals surface area contributed by atoms with Gasteiger partial charge >= 0.3 is 6.09 Å². The SMILES string of the molecule is O=C(O)N1CC=Cc2ccc3cccnc3c21. The Labute approximate surface area is 97.8 Å². The number of amides is 1. The molecule has 3 rings (SSSR count). The molecule has 1 aliphatic rings. The Morgan fingerprint density at radius 3 is 3.06 bits per heavy atom. The van der Waals surface area contributed by atoms with Gasteiger partial charge in [0, 0.05) is 23.7 Å². The van der Waals surface area contributed by atoms with Crippen LogP contribution in [0.4, 0.5) is 10.5 Å². The molecule has 0 fully saturated rings. The van der Waals surface area contributed by atoms with Crippen LogP contribution in [0.3, 0.4) is 0 Å². The molecule has 2 aromatic rings. The molecule has 1 amide bonds. The molecule has 84 valence electrons. The van der Waals surface area contributed by atoms with Crippen molar-refractivity contribution in [3.8, 4) is 0 Å². The summed E-state index contributed by atoms with van der Waals surface area (Å²) in [6, 6.07) is 7.65. The van der Waals surface area contributed by atoms with E-state index in [1.54, 1.807) is 6.20 Å². The fourth-order valence-corrected chi connectivity index (χ4v) is 2.11. The van der Waals surface area contributed by atoms with Crippen molar-refractivity contribution >= 4 is 28.8 Å². The zero-order valence-corrected chi connectivity index (χ0v) is 9.00. The highest BCUT2D eigenvalue weighted by molar-refractivity contribution is 6.03. The van der Waals surface area contributed by atoms with Gasteiger partial charge in [0.2, 0.25) is 0 Å². The Balaban J connectivity index is 2.36. The molecule has 4 heteroatoms. The van der Waals surface area contributed by atoms with E-state index in [1.807, 2.05) is 36.4 Å². The zero-order chi connectivity index (χ0) is 11.8. The van der Waals surface area contributed by atoms with Gasteiger partial charge in [0.25, 0.3) is 0 Å². The molecular weight excluding hydrogens is 216 g/mol. The Morgan fingerprint density at radius 1 is 1.35 bits per heavy atom. The molecule has 0 radical (unpaired) electrons. The number of pyridine rings is 1. The number of aromatic nitrogens is 1. The van der Waals surface area contributed by atoms with Gasteiger partial charge in [0.1, 0.15) is 0 Å². The lowest BCUT2D eigenvalue weighted by atomic mass is 10.0. The Hall–Kier alpha value is -2.36. The largest absolute Gasteiger partial charge is 0.465 e. The second-order valence-electron chi connectivity index (χ2n) is 3.87. The van der Waals surface area contributed by atoms with E-state index in [4.69, 9.17) is 0 Å². The van der Waals surface area contributed by atoms with Gasteiger partial charge in [-0.25, -0.2) is 4.79 Å². The average Bonchev–Trinajstić information content (AvgIpc) is 2.37. The number of hydrogen-bond acceptors (Lipinski definition) is 2. The molecule has 0 saturated heterocycles. The van der Waals surface area contributed by atoms with Crippen molar-refractivity contribution in [2.45, 2.75) is 0 Å². The summed E-state index contributed by atoms with van der Waals surface area (Å²) in [5.41, 5.74) is 2.31. The van der Waals surface area contributed by atoms with Gasteiger partial charge in [0.05, 0.1) is 11.2 Å². The number of fused-ring (bicyclic) bond motifs is 3. The van der Waals surface area contributed by atoms with Crippen molar-refractivity contribution in [1.82, 2.24) is 4.98 Å². The topological polar surface area (TPSA) is 53.4 Å². The van der Waals surface area contributed by atoms with Crippen LogP contribution in [0.1, 0.15) is 5.56 Å². The van der Waals surface area contributed by atoms with Crippen LogP contribution in [0, 0.1) is 0 Å². The van der Waals surface area contributed by atoms with Crippen molar-refractivity contribution in [2.75, 3.05) is 11.4 Å². The molecule has 1 N–H and O–H groups in total. The number of carboxylic acid groups (broad SMARTS) is 1. The minimum Gasteiger partial charge on any atom is -0.465 e. The maximum atomic E-state index is 11.2. The number of rotatable bonds is 0. The van der Waals surface area contributed by atoms with E-state index in [0.29, 0.717) is 12.2 Å². The normalized spacial score (nSPS) is 13.8. The summed E-state index contributed by atoms with van der Waals surface area (Å²) in [6.07, 6.45) is 4.50. The fraction of sp³-hybridized carbons (Fsp3) is 0.0769. The Kier molecular flexibility index (Phi) is 2.08. The summed E-state index contributed by atoms with van der Waals surface area (Å²) >= 11 is 0. The Bertz CT molecular complexity index is 634. The summed E-state index contributed by atoms with van der Waals surface area (Å²) in [5, 5.41) is 10.2. The van der Waals surface area contributed by atoms with Gasteiger partial charge in [-0.1, -0.05) is 30.4 Å². The lowest BCUT2D eigenvalue weighted by Crippen LogP contribution is -2.31. The van der Waals surface area contributed by atoms with Crippen molar-refractivity contribution in [3.05, 3.63) is 42.1 Å². The first kappa shape index (κ1) is 9.84. The number of anilines is 1. The molecule has 0 aliphatic carbocycles. The third-order valence-electron chi connectivity index (χ3n) is 2.87. The first-order valence-corrected chi connectivity index (χ1v) is 5.32. The van der Waals surface area contributed by atoms with Crippen LogP contribution in [0.5, 0.6) is 0 Å². The number of carbonyl (C=O) groups is 1. The van der Waals surface area contributed by atoms with Crippen LogP contribution in [0.15, 0.2) is 36.5 Å². The monoisotopic (exact) mass is 226 g/mol. The number of nitrogens with zero attached hydrogens (tertiary/aromatic N) is 2. The molecule has 0 spiro atoms. The molecule has 1 aliphatic heterocycles. The van der Waals surface area contributed by atoms with E-state index in [2.05, 4.69) is 4.98 Å². The summed E-state index contributed by atoms with van der Waals surface area (Å²) in [7, 11) is 0. The molecule has 4 nitrogen and oxygen atoms in total. The molecule has 0 atom stereocenters. The molecule has 17 heavy (non-hydrogen) atoms. The highest BCUT2D eigenvalue weighted by Crippen LogP contribution is 2.32. The minimum absolute atomic E-state index is 0.373. The van der Waals surface area contributed by atoms with E-state index >= 15 is 0 Å². The van der Waals surface area contributed by atoms with Gasteiger partial charge in [-0.3, -0.25) is 9.88 Å². The zero-order valence-electron chi connectivity index (χ0n) is 9.00. The van der Waals surface area contributed by atoms with Gasteiger partial charge < -0.3 is 5.11 Å². The van der Waals surface area contributed by atoms with Crippen LogP contribution in [0.2, 0.25) is 0 Å². The third-order valence-corrected chi connectivity index (χ3v) is 2.87. The maximum absolute atomic E-state index is 11.2. The second-order valence-corrected chi connectivity index (χ2v) is 3.87. The third kappa shape index (κ3) is 1.45. The summed E-state index contributed by atoms with van der Waals surface area (Å²) in [5.74, 6) is 0. The predicted molar refractivity (Wildman–Crippen MR) is 66.1 cm³/mol. The lowest BCUT2D eigenvalue weighted by molar-refractivity contribution is 0.202. The van der Waals surface area contributed by atoms with Crippen LogP contribution < -0.4 is 4.90 Å². The highest BCUT2D eigenvalue weighted by atomic mass is 16.4. The van der Waals surface area contributed by atoms with Gasteiger partial charge in [-0.05, 0) is 6.07 Å². The molecule has 0 unspecified atom stereocenters. The lowest BCUT2D eigenvalue weighted by Gasteiger charge is -2.24. The quantitative estimate of drug-likeness (QED) is 0.751. The number of hydrogen-bond donors (Lipinski definition) is 1. The molecule has 0 saturated carbocycles. The molecule has 0 bridgehead atoms. The van der Waals surface area contributed by atoms with Gasteiger partial charge in [-0.2, -0.15) is 0 Å². The van der Waals surface area contributed by atoms with Crippen LogP contribution >= 0.6 is 0 Å². The van der Waals surface area contributed by atoms with Gasteiger partial charge in [-0.15, -0.1) is 0 Å².